The lowest BCUT2D eigenvalue weighted by atomic mass is 9.95. The van der Waals surface area contributed by atoms with E-state index in [9.17, 15) is 10.1 Å². The van der Waals surface area contributed by atoms with Crippen LogP contribution in [0.5, 0.6) is 0 Å². The monoisotopic (exact) mass is 308 g/mol. The van der Waals surface area contributed by atoms with Crippen LogP contribution in [-0.4, -0.2) is 16.0 Å². The summed E-state index contributed by atoms with van der Waals surface area (Å²) in [6, 6.07) is 15.1. The van der Waals surface area contributed by atoms with Crippen molar-refractivity contribution < 1.29 is 4.79 Å². The van der Waals surface area contributed by atoms with Crippen molar-refractivity contribution in [3.05, 3.63) is 59.4 Å². The molecule has 22 heavy (non-hydrogen) atoms. The highest BCUT2D eigenvalue weighted by atomic mass is 32.2. The van der Waals surface area contributed by atoms with Crippen LogP contribution in [0.25, 0.3) is 0 Å². The molecule has 1 aromatic heterocycles. The van der Waals surface area contributed by atoms with E-state index in [2.05, 4.69) is 11.1 Å². The summed E-state index contributed by atoms with van der Waals surface area (Å²) in [5.74, 6) is -1.04. The lowest BCUT2D eigenvalue weighted by Crippen LogP contribution is -2.13. The molecule has 3 nitrogen and oxygen atoms in total. The lowest BCUT2D eigenvalue weighted by Gasteiger charge is -2.09. The van der Waals surface area contributed by atoms with Gasteiger partial charge in [0, 0.05) is 21.4 Å². The van der Waals surface area contributed by atoms with E-state index < -0.39 is 5.92 Å². The van der Waals surface area contributed by atoms with Crippen LogP contribution in [0.4, 0.5) is 0 Å². The molecule has 4 heteroatoms. The van der Waals surface area contributed by atoms with E-state index in [0.29, 0.717) is 11.3 Å². The van der Waals surface area contributed by atoms with Gasteiger partial charge in [-0.25, -0.2) is 0 Å². The van der Waals surface area contributed by atoms with Gasteiger partial charge in [0.25, 0.3) is 0 Å². The second-order valence-corrected chi connectivity index (χ2v) is 6.85. The second kappa shape index (κ2) is 6.33. The van der Waals surface area contributed by atoms with Gasteiger partial charge in [0.2, 0.25) is 0 Å². The van der Waals surface area contributed by atoms with Gasteiger partial charge in [-0.1, -0.05) is 18.2 Å². The standard InChI is InChI=1S/C18H16N2OS/c1-12-3-2-4-17(20-12)16(11-19)18(21)13-5-7-14(8-6-13)22-15-9-10-15/h2-8,15-16H,9-10H2,1H3. The number of Topliss-reactive ketones (excluding diaryl/α,β-unsaturated/α-hetero) is 1. The molecule has 0 radical (unpaired) electrons. The first kappa shape index (κ1) is 14.8. The van der Waals surface area contributed by atoms with Gasteiger partial charge in [0.1, 0.15) is 0 Å². The minimum Gasteiger partial charge on any atom is -0.292 e. The Morgan fingerprint density at radius 3 is 2.59 bits per heavy atom. The van der Waals surface area contributed by atoms with Gasteiger partial charge in [-0.15, -0.1) is 11.8 Å². The number of hydrogen-bond acceptors (Lipinski definition) is 4. The molecular weight excluding hydrogens is 292 g/mol. The number of pyridine rings is 1. The molecule has 0 bridgehead atoms. The van der Waals surface area contributed by atoms with E-state index >= 15 is 0 Å². The maximum Gasteiger partial charge on any atom is 0.186 e. The molecule has 1 aromatic carbocycles. The van der Waals surface area contributed by atoms with Crippen molar-refractivity contribution >= 4 is 17.5 Å². The summed E-state index contributed by atoms with van der Waals surface area (Å²) < 4.78 is 0. The Bertz CT molecular complexity index is 729. The predicted octanol–water partition coefficient (Wildman–Crippen LogP) is 4.13. The number of carbonyl (C=O) groups is 1. The largest absolute Gasteiger partial charge is 0.292 e. The van der Waals surface area contributed by atoms with Crippen LogP contribution < -0.4 is 0 Å². The van der Waals surface area contributed by atoms with Crippen LogP contribution in [0.3, 0.4) is 0 Å². The van der Waals surface area contributed by atoms with Crippen LogP contribution in [0.1, 0.15) is 40.5 Å². The highest BCUT2D eigenvalue weighted by Crippen LogP contribution is 2.39. The number of thioether (sulfide) groups is 1. The number of carbonyl (C=O) groups excluding carboxylic acids is 1. The molecule has 1 heterocycles. The molecule has 1 atom stereocenters. The topological polar surface area (TPSA) is 53.8 Å². The predicted molar refractivity (Wildman–Crippen MR) is 87.0 cm³/mol. The molecule has 0 saturated heterocycles. The van der Waals surface area contributed by atoms with E-state index in [-0.39, 0.29) is 5.78 Å². The SMILES string of the molecule is Cc1cccc(C(C#N)C(=O)c2ccc(SC3CC3)cc2)n1. The van der Waals surface area contributed by atoms with Crippen LogP contribution in [-0.2, 0) is 0 Å². The highest BCUT2D eigenvalue weighted by Gasteiger charge is 2.24. The van der Waals surface area contributed by atoms with Crippen LogP contribution in [0.2, 0.25) is 0 Å². The van der Waals surface area contributed by atoms with E-state index in [1.165, 1.54) is 17.7 Å². The van der Waals surface area contributed by atoms with Crippen molar-refractivity contribution in [3.63, 3.8) is 0 Å². The zero-order valence-electron chi connectivity index (χ0n) is 12.3. The van der Waals surface area contributed by atoms with Gasteiger partial charge in [-0.2, -0.15) is 5.26 Å². The third kappa shape index (κ3) is 3.37. The molecule has 0 N–H and O–H groups in total. The number of aromatic nitrogens is 1. The Morgan fingerprint density at radius 2 is 2.00 bits per heavy atom. The van der Waals surface area contributed by atoms with Crippen LogP contribution >= 0.6 is 11.8 Å². The lowest BCUT2D eigenvalue weighted by molar-refractivity contribution is 0.0977. The van der Waals surface area contributed by atoms with E-state index in [1.54, 1.807) is 6.07 Å². The quantitative estimate of drug-likeness (QED) is 0.779. The number of rotatable bonds is 5. The van der Waals surface area contributed by atoms with Crippen LogP contribution in [0.15, 0.2) is 47.4 Å². The van der Waals surface area contributed by atoms with Crippen molar-refractivity contribution in [2.45, 2.75) is 35.8 Å². The Labute approximate surface area is 134 Å². The molecule has 0 spiro atoms. The Morgan fingerprint density at radius 1 is 1.27 bits per heavy atom. The normalized spacial score (nSPS) is 15.1. The molecule has 2 aromatic rings. The van der Waals surface area contributed by atoms with Crippen molar-refractivity contribution in [2.24, 2.45) is 0 Å². The molecule has 3 rings (SSSR count). The summed E-state index contributed by atoms with van der Waals surface area (Å²) in [6.07, 6.45) is 2.56. The summed E-state index contributed by atoms with van der Waals surface area (Å²) in [6.45, 7) is 1.85. The Kier molecular flexibility index (Phi) is 4.26. The zero-order chi connectivity index (χ0) is 15.5. The van der Waals surface area contributed by atoms with Crippen molar-refractivity contribution in [1.82, 2.24) is 4.98 Å². The molecular formula is C18H16N2OS. The Hall–Kier alpha value is -2.12. The zero-order valence-corrected chi connectivity index (χ0v) is 13.1. The number of ketones is 1. The third-order valence-corrected chi connectivity index (χ3v) is 4.91. The van der Waals surface area contributed by atoms with Crippen LogP contribution in [0, 0.1) is 18.3 Å². The molecule has 110 valence electrons. The summed E-state index contributed by atoms with van der Waals surface area (Å²) in [4.78, 5) is 18.1. The summed E-state index contributed by atoms with van der Waals surface area (Å²) >= 11 is 1.85. The molecule has 1 fully saturated rings. The molecule has 1 unspecified atom stereocenters. The number of aryl methyl sites for hydroxylation is 1. The summed E-state index contributed by atoms with van der Waals surface area (Å²) in [5.41, 5.74) is 1.89. The average Bonchev–Trinajstić information content (AvgIpc) is 3.33. The molecule has 1 saturated carbocycles. The first-order valence-electron chi connectivity index (χ1n) is 7.31. The second-order valence-electron chi connectivity index (χ2n) is 5.47. The number of nitrogens with zero attached hydrogens (tertiary/aromatic N) is 2. The van der Waals surface area contributed by atoms with Crippen molar-refractivity contribution in [1.29, 1.82) is 5.26 Å². The number of nitriles is 1. The molecule has 0 amide bonds. The van der Waals surface area contributed by atoms with E-state index in [0.717, 1.165) is 10.9 Å². The molecule has 1 aliphatic rings. The number of benzene rings is 1. The fraction of sp³-hybridized carbons (Fsp3) is 0.278. The van der Waals surface area contributed by atoms with Gasteiger partial charge in [-0.05, 0) is 44.0 Å². The Balaban J connectivity index is 1.80. The van der Waals surface area contributed by atoms with E-state index in [4.69, 9.17) is 0 Å². The maximum absolute atomic E-state index is 12.6. The first-order chi connectivity index (χ1) is 10.7. The highest BCUT2D eigenvalue weighted by molar-refractivity contribution is 8.00. The van der Waals surface area contributed by atoms with Crippen molar-refractivity contribution in [3.8, 4) is 6.07 Å². The summed E-state index contributed by atoms with van der Waals surface area (Å²) in [5, 5.41) is 10.1. The smallest absolute Gasteiger partial charge is 0.186 e. The first-order valence-corrected chi connectivity index (χ1v) is 8.19. The maximum atomic E-state index is 12.6. The third-order valence-electron chi connectivity index (χ3n) is 3.56. The number of hydrogen-bond donors (Lipinski definition) is 0. The fourth-order valence-corrected chi connectivity index (χ4v) is 3.28. The van der Waals surface area contributed by atoms with Gasteiger partial charge in [-0.3, -0.25) is 9.78 Å². The minimum absolute atomic E-state index is 0.191. The molecule has 1 aliphatic carbocycles. The fourth-order valence-electron chi connectivity index (χ4n) is 2.23. The van der Waals surface area contributed by atoms with Gasteiger partial charge in [0.15, 0.2) is 11.7 Å². The van der Waals surface area contributed by atoms with Crippen molar-refractivity contribution in [2.75, 3.05) is 0 Å². The van der Waals surface area contributed by atoms with Gasteiger partial charge >= 0.3 is 0 Å². The minimum atomic E-state index is -0.846. The van der Waals surface area contributed by atoms with E-state index in [1.807, 2.05) is 55.1 Å². The summed E-state index contributed by atoms with van der Waals surface area (Å²) in [7, 11) is 0. The van der Waals surface area contributed by atoms with Gasteiger partial charge in [0.05, 0.1) is 11.8 Å². The molecule has 0 aliphatic heterocycles. The average molecular weight is 308 g/mol. The van der Waals surface area contributed by atoms with Gasteiger partial charge < -0.3 is 0 Å².